The fourth-order valence-corrected chi connectivity index (χ4v) is 2.17. The molecule has 6 nitrogen and oxygen atoms in total. The summed E-state index contributed by atoms with van der Waals surface area (Å²) in [5.41, 5.74) is 8.83. The van der Waals surface area contributed by atoms with Gasteiger partial charge in [-0.15, -0.1) is 0 Å². The van der Waals surface area contributed by atoms with Gasteiger partial charge in [0.25, 0.3) is 5.69 Å². The lowest BCUT2D eigenvalue weighted by Crippen LogP contribution is -2.12. The number of carbonyl (C=O) groups excluding carboxylic acids is 1. The second-order valence-electron chi connectivity index (χ2n) is 5.07. The Morgan fingerprint density at radius 2 is 2.00 bits per heavy atom. The zero-order chi connectivity index (χ0) is 16.3. The van der Waals surface area contributed by atoms with Crippen LogP contribution in [-0.2, 0) is 6.54 Å². The van der Waals surface area contributed by atoms with Crippen LogP contribution < -0.4 is 11.1 Å². The second-order valence-corrected chi connectivity index (χ2v) is 5.07. The zero-order valence-electron chi connectivity index (χ0n) is 12.4. The van der Waals surface area contributed by atoms with Gasteiger partial charge in [-0.2, -0.15) is 0 Å². The number of aryl methyl sites for hydroxylation is 1. The molecule has 0 fully saturated rings. The predicted octanol–water partition coefficient (Wildman–Crippen LogP) is 2.92. The second kappa shape index (κ2) is 6.26. The fraction of sp³-hybridized carbons (Fsp3) is 0.188. The van der Waals surface area contributed by atoms with E-state index in [-0.39, 0.29) is 11.3 Å². The van der Waals surface area contributed by atoms with Crippen molar-refractivity contribution < 1.29 is 9.72 Å². The Bertz CT molecular complexity index is 741. The van der Waals surface area contributed by atoms with Crippen LogP contribution in [0.25, 0.3) is 0 Å². The number of nitrogens with one attached hydrogen (secondary N) is 1. The van der Waals surface area contributed by atoms with E-state index in [0.717, 1.165) is 16.8 Å². The SMILES string of the molecule is Cc1cccc(NCc2ccc(C(N)=O)cc2[N+](=O)[O-])c1C. The monoisotopic (exact) mass is 299 g/mol. The molecule has 0 heterocycles. The number of hydrogen-bond donors (Lipinski definition) is 2. The van der Waals surface area contributed by atoms with Crippen molar-refractivity contribution in [2.24, 2.45) is 5.73 Å². The third kappa shape index (κ3) is 3.22. The zero-order valence-corrected chi connectivity index (χ0v) is 12.4. The van der Waals surface area contributed by atoms with Crippen LogP contribution >= 0.6 is 0 Å². The summed E-state index contributed by atoms with van der Waals surface area (Å²) in [6.07, 6.45) is 0. The Morgan fingerprint density at radius 1 is 1.27 bits per heavy atom. The topological polar surface area (TPSA) is 98.3 Å². The Labute approximate surface area is 128 Å². The molecule has 0 radical (unpaired) electrons. The molecule has 1 amide bonds. The Balaban J connectivity index is 2.27. The van der Waals surface area contributed by atoms with E-state index in [1.165, 1.54) is 12.1 Å². The van der Waals surface area contributed by atoms with Gasteiger partial charge >= 0.3 is 0 Å². The molecule has 0 aromatic heterocycles. The van der Waals surface area contributed by atoms with Gasteiger partial charge in [-0.05, 0) is 43.2 Å². The predicted molar refractivity (Wildman–Crippen MR) is 84.9 cm³/mol. The van der Waals surface area contributed by atoms with E-state index >= 15 is 0 Å². The number of nitrogens with two attached hydrogens (primary N) is 1. The van der Waals surface area contributed by atoms with E-state index in [4.69, 9.17) is 5.73 Å². The number of primary amides is 1. The molecule has 0 unspecified atom stereocenters. The van der Waals surface area contributed by atoms with Gasteiger partial charge in [-0.25, -0.2) is 0 Å². The average molecular weight is 299 g/mol. The summed E-state index contributed by atoms with van der Waals surface area (Å²) in [7, 11) is 0. The minimum absolute atomic E-state index is 0.117. The van der Waals surface area contributed by atoms with Crippen LogP contribution in [0, 0.1) is 24.0 Å². The maximum absolute atomic E-state index is 11.2. The molecular weight excluding hydrogens is 282 g/mol. The van der Waals surface area contributed by atoms with Crippen LogP contribution in [0.1, 0.15) is 27.0 Å². The minimum atomic E-state index is -0.683. The molecule has 114 valence electrons. The summed E-state index contributed by atoms with van der Waals surface area (Å²) in [6.45, 7) is 4.28. The average Bonchev–Trinajstić information content (AvgIpc) is 2.48. The van der Waals surface area contributed by atoms with Crippen molar-refractivity contribution in [2.75, 3.05) is 5.32 Å². The van der Waals surface area contributed by atoms with E-state index in [0.29, 0.717) is 12.1 Å². The highest BCUT2D eigenvalue weighted by atomic mass is 16.6. The molecule has 0 atom stereocenters. The lowest BCUT2D eigenvalue weighted by molar-refractivity contribution is -0.385. The van der Waals surface area contributed by atoms with Gasteiger partial charge in [-0.3, -0.25) is 14.9 Å². The number of nitrogens with zero attached hydrogens (tertiary/aromatic N) is 1. The summed E-state index contributed by atoms with van der Waals surface area (Å²) in [5, 5.41) is 14.3. The van der Waals surface area contributed by atoms with E-state index in [9.17, 15) is 14.9 Å². The molecule has 0 saturated carbocycles. The standard InChI is InChI=1S/C16H17N3O3/c1-10-4-3-5-14(11(10)2)18-9-13-7-6-12(16(17)20)8-15(13)19(21)22/h3-8,18H,9H2,1-2H3,(H2,17,20). The first-order chi connectivity index (χ1) is 10.4. The maximum atomic E-state index is 11.2. The van der Waals surface area contributed by atoms with Crippen LogP contribution in [-0.4, -0.2) is 10.8 Å². The molecule has 6 heteroatoms. The molecule has 0 aliphatic carbocycles. The summed E-state index contributed by atoms with van der Waals surface area (Å²) < 4.78 is 0. The smallest absolute Gasteiger partial charge is 0.275 e. The largest absolute Gasteiger partial charge is 0.380 e. The molecule has 0 aliphatic heterocycles. The van der Waals surface area contributed by atoms with Crippen molar-refractivity contribution in [3.05, 3.63) is 68.8 Å². The quantitative estimate of drug-likeness (QED) is 0.655. The summed E-state index contributed by atoms with van der Waals surface area (Å²) in [6, 6.07) is 10.1. The number of carbonyl (C=O) groups is 1. The van der Waals surface area contributed by atoms with Crippen LogP contribution in [0.15, 0.2) is 36.4 Å². The number of nitro benzene ring substituents is 1. The van der Waals surface area contributed by atoms with Crippen molar-refractivity contribution in [2.45, 2.75) is 20.4 Å². The molecule has 22 heavy (non-hydrogen) atoms. The number of hydrogen-bond acceptors (Lipinski definition) is 4. The first kappa shape index (κ1) is 15.5. The molecule has 2 aromatic rings. The third-order valence-electron chi connectivity index (χ3n) is 3.64. The number of anilines is 1. The van der Waals surface area contributed by atoms with Crippen molar-refractivity contribution >= 4 is 17.3 Å². The van der Waals surface area contributed by atoms with Gasteiger partial charge in [0.15, 0.2) is 0 Å². The summed E-state index contributed by atoms with van der Waals surface area (Å²) in [4.78, 5) is 21.8. The Kier molecular flexibility index (Phi) is 4.41. The highest BCUT2D eigenvalue weighted by Gasteiger charge is 2.16. The number of nitro groups is 1. The number of rotatable bonds is 5. The third-order valence-corrected chi connectivity index (χ3v) is 3.64. The van der Waals surface area contributed by atoms with Crippen LogP contribution in [0.3, 0.4) is 0 Å². The molecular formula is C16H17N3O3. The van der Waals surface area contributed by atoms with Crippen molar-refractivity contribution in [1.82, 2.24) is 0 Å². The van der Waals surface area contributed by atoms with Crippen molar-refractivity contribution in [3.63, 3.8) is 0 Å². The molecule has 0 bridgehead atoms. The van der Waals surface area contributed by atoms with Crippen LogP contribution in [0.2, 0.25) is 0 Å². The van der Waals surface area contributed by atoms with E-state index in [2.05, 4.69) is 5.32 Å². The fourth-order valence-electron chi connectivity index (χ4n) is 2.17. The molecule has 0 spiro atoms. The normalized spacial score (nSPS) is 10.3. The van der Waals surface area contributed by atoms with Gasteiger partial charge in [0.2, 0.25) is 5.91 Å². The highest BCUT2D eigenvalue weighted by molar-refractivity contribution is 5.93. The first-order valence-electron chi connectivity index (χ1n) is 6.77. The van der Waals surface area contributed by atoms with Crippen molar-refractivity contribution in [1.29, 1.82) is 0 Å². The van der Waals surface area contributed by atoms with E-state index in [1.807, 2.05) is 32.0 Å². The van der Waals surface area contributed by atoms with Crippen molar-refractivity contribution in [3.8, 4) is 0 Å². The highest BCUT2D eigenvalue weighted by Crippen LogP contribution is 2.23. The van der Waals surface area contributed by atoms with E-state index < -0.39 is 10.8 Å². The Morgan fingerprint density at radius 3 is 2.64 bits per heavy atom. The summed E-state index contributed by atoms with van der Waals surface area (Å²) >= 11 is 0. The van der Waals surface area contributed by atoms with Gasteiger partial charge in [0.05, 0.1) is 4.92 Å². The minimum Gasteiger partial charge on any atom is -0.380 e. The van der Waals surface area contributed by atoms with Crippen LogP contribution in [0.5, 0.6) is 0 Å². The summed E-state index contributed by atoms with van der Waals surface area (Å²) in [5.74, 6) is -0.683. The maximum Gasteiger partial charge on any atom is 0.275 e. The van der Waals surface area contributed by atoms with Gasteiger partial charge in [0.1, 0.15) is 0 Å². The number of amides is 1. The lowest BCUT2D eigenvalue weighted by atomic mass is 10.1. The van der Waals surface area contributed by atoms with Gasteiger partial charge in [0, 0.05) is 29.4 Å². The number of benzene rings is 2. The first-order valence-corrected chi connectivity index (χ1v) is 6.77. The van der Waals surface area contributed by atoms with Gasteiger partial charge in [-0.1, -0.05) is 12.1 Å². The molecule has 3 N–H and O–H groups in total. The van der Waals surface area contributed by atoms with Crippen LogP contribution in [0.4, 0.5) is 11.4 Å². The van der Waals surface area contributed by atoms with Gasteiger partial charge < -0.3 is 11.1 Å². The van der Waals surface area contributed by atoms with E-state index in [1.54, 1.807) is 6.07 Å². The molecule has 2 rings (SSSR count). The molecule has 0 aliphatic rings. The lowest BCUT2D eigenvalue weighted by Gasteiger charge is -2.12. The molecule has 0 saturated heterocycles. The Hall–Kier alpha value is -2.89. The molecule has 2 aromatic carbocycles.